The van der Waals surface area contributed by atoms with Gasteiger partial charge in [-0.05, 0) is 17.5 Å². The summed E-state index contributed by atoms with van der Waals surface area (Å²) < 4.78 is 0. The summed E-state index contributed by atoms with van der Waals surface area (Å²) >= 11 is 0. The molecule has 0 aliphatic carbocycles. The summed E-state index contributed by atoms with van der Waals surface area (Å²) in [4.78, 5) is 13.7. The highest BCUT2D eigenvalue weighted by Gasteiger charge is 2.26. The van der Waals surface area contributed by atoms with E-state index in [1.165, 1.54) is 0 Å². The van der Waals surface area contributed by atoms with Crippen molar-refractivity contribution >= 4 is 5.91 Å². The summed E-state index contributed by atoms with van der Waals surface area (Å²) in [6.07, 6.45) is 0. The third-order valence-electron chi connectivity index (χ3n) is 2.39. The molecule has 1 aliphatic rings. The van der Waals surface area contributed by atoms with E-state index < -0.39 is 0 Å². The molecule has 0 bridgehead atoms. The molecule has 2 heteroatoms. The van der Waals surface area contributed by atoms with Crippen molar-refractivity contribution in [3.63, 3.8) is 0 Å². The molecule has 1 amide bonds. The third kappa shape index (κ3) is 1.52. The lowest BCUT2D eigenvalue weighted by molar-refractivity contribution is 0.0759. The minimum Gasteiger partial charge on any atom is -0.334 e. The predicted molar refractivity (Wildman–Crippen MR) is 54.9 cm³/mol. The molecular formula is C12H14NO. The van der Waals surface area contributed by atoms with E-state index in [4.69, 9.17) is 0 Å². The van der Waals surface area contributed by atoms with E-state index in [0.29, 0.717) is 5.92 Å². The van der Waals surface area contributed by atoms with E-state index >= 15 is 0 Å². The Hall–Kier alpha value is -1.31. The van der Waals surface area contributed by atoms with E-state index in [1.807, 2.05) is 17.0 Å². The van der Waals surface area contributed by atoms with Crippen molar-refractivity contribution in [2.75, 3.05) is 6.54 Å². The largest absolute Gasteiger partial charge is 0.334 e. The van der Waals surface area contributed by atoms with Crippen LogP contribution in [0.3, 0.4) is 0 Å². The first-order valence-electron chi connectivity index (χ1n) is 4.97. The number of carbonyl (C=O) groups is 1. The van der Waals surface area contributed by atoms with E-state index in [9.17, 15) is 4.79 Å². The fourth-order valence-corrected chi connectivity index (χ4v) is 1.83. The lowest BCUT2D eigenvalue weighted by Gasteiger charge is -2.17. The predicted octanol–water partition coefficient (Wildman–Crippen LogP) is 2.10. The Morgan fingerprint density at radius 1 is 1.57 bits per heavy atom. The minimum absolute atomic E-state index is 0.134. The molecule has 2 nitrogen and oxygen atoms in total. The molecule has 0 N–H and O–H groups in total. The van der Waals surface area contributed by atoms with Gasteiger partial charge in [-0.3, -0.25) is 4.79 Å². The summed E-state index contributed by atoms with van der Waals surface area (Å²) in [5.74, 6) is 0.655. The Kier molecular flexibility index (Phi) is 2.28. The quantitative estimate of drug-likeness (QED) is 0.696. The standard InChI is InChI=1S/C12H14NO/c1-9(2)7-13-8-10-5-3-4-6-11(10)12(13)14/h3-5,9H,7-8H2,1-2H3. The minimum atomic E-state index is 0.134. The number of nitrogens with zero attached hydrogens (tertiary/aromatic N) is 1. The average molecular weight is 188 g/mol. The van der Waals surface area contributed by atoms with Gasteiger partial charge < -0.3 is 4.90 Å². The summed E-state index contributed by atoms with van der Waals surface area (Å²) in [7, 11) is 0. The fraction of sp³-hybridized carbons (Fsp3) is 0.417. The normalized spacial score (nSPS) is 15.1. The maximum atomic E-state index is 11.8. The van der Waals surface area contributed by atoms with Crippen molar-refractivity contribution < 1.29 is 4.79 Å². The van der Waals surface area contributed by atoms with Crippen LogP contribution in [0.5, 0.6) is 0 Å². The monoisotopic (exact) mass is 188 g/mol. The van der Waals surface area contributed by atoms with Gasteiger partial charge >= 0.3 is 0 Å². The van der Waals surface area contributed by atoms with Crippen LogP contribution in [0, 0.1) is 12.0 Å². The zero-order chi connectivity index (χ0) is 10.1. The van der Waals surface area contributed by atoms with Crippen LogP contribution in [0.1, 0.15) is 29.8 Å². The number of benzene rings is 1. The van der Waals surface area contributed by atoms with Crippen LogP contribution >= 0.6 is 0 Å². The SMILES string of the molecule is CC(C)CN1Cc2ccc[c]c2C1=O. The average Bonchev–Trinajstić information content (AvgIpc) is 2.44. The second-order valence-electron chi connectivity index (χ2n) is 4.15. The van der Waals surface area contributed by atoms with Gasteiger partial charge in [0.25, 0.3) is 5.91 Å². The molecule has 0 spiro atoms. The maximum Gasteiger partial charge on any atom is 0.255 e. The first kappa shape index (κ1) is 9.25. The zero-order valence-corrected chi connectivity index (χ0v) is 8.58. The van der Waals surface area contributed by atoms with Crippen LogP contribution in [0.2, 0.25) is 0 Å². The van der Waals surface area contributed by atoms with Crippen molar-refractivity contribution in [2.45, 2.75) is 20.4 Å². The summed E-state index contributed by atoms with van der Waals surface area (Å²) in [5.41, 5.74) is 1.87. The highest BCUT2D eigenvalue weighted by molar-refractivity contribution is 5.98. The molecule has 2 rings (SSSR count). The zero-order valence-electron chi connectivity index (χ0n) is 8.58. The number of amides is 1. The fourth-order valence-electron chi connectivity index (χ4n) is 1.83. The van der Waals surface area contributed by atoms with Gasteiger partial charge in [-0.2, -0.15) is 0 Å². The molecule has 14 heavy (non-hydrogen) atoms. The third-order valence-corrected chi connectivity index (χ3v) is 2.39. The van der Waals surface area contributed by atoms with Gasteiger partial charge in [-0.15, -0.1) is 0 Å². The molecular weight excluding hydrogens is 174 g/mol. The van der Waals surface area contributed by atoms with Gasteiger partial charge in [0.05, 0.1) is 5.56 Å². The van der Waals surface area contributed by atoms with Crippen molar-refractivity contribution in [1.29, 1.82) is 0 Å². The highest BCUT2D eigenvalue weighted by atomic mass is 16.2. The summed E-state index contributed by atoms with van der Waals surface area (Å²) in [6.45, 7) is 5.84. The van der Waals surface area contributed by atoms with Crippen LogP contribution in [0.25, 0.3) is 0 Å². The molecule has 1 aromatic carbocycles. The molecule has 1 aromatic rings. The molecule has 0 unspecified atom stereocenters. The van der Waals surface area contributed by atoms with E-state index in [0.717, 1.165) is 24.2 Å². The van der Waals surface area contributed by atoms with E-state index in [2.05, 4.69) is 19.9 Å². The first-order valence-corrected chi connectivity index (χ1v) is 4.97. The molecule has 0 saturated heterocycles. The summed E-state index contributed by atoms with van der Waals surface area (Å²) in [5, 5.41) is 0. The Morgan fingerprint density at radius 2 is 2.36 bits per heavy atom. The van der Waals surface area contributed by atoms with Crippen molar-refractivity contribution in [3.8, 4) is 0 Å². The van der Waals surface area contributed by atoms with Crippen LogP contribution in [0.15, 0.2) is 18.2 Å². The van der Waals surface area contributed by atoms with Crippen molar-refractivity contribution in [1.82, 2.24) is 4.90 Å². The number of hydrogen-bond donors (Lipinski definition) is 0. The maximum absolute atomic E-state index is 11.8. The smallest absolute Gasteiger partial charge is 0.255 e. The molecule has 1 radical (unpaired) electrons. The highest BCUT2D eigenvalue weighted by Crippen LogP contribution is 2.22. The van der Waals surface area contributed by atoms with E-state index in [1.54, 1.807) is 6.07 Å². The van der Waals surface area contributed by atoms with Crippen molar-refractivity contribution in [3.05, 3.63) is 35.4 Å². The Morgan fingerprint density at radius 3 is 3.00 bits per heavy atom. The Bertz CT molecular complexity index is 357. The molecule has 1 heterocycles. The second kappa shape index (κ2) is 3.45. The number of carbonyl (C=O) groups excluding carboxylic acids is 1. The lowest BCUT2D eigenvalue weighted by atomic mass is 10.1. The van der Waals surface area contributed by atoms with Gasteiger partial charge in [0, 0.05) is 13.1 Å². The molecule has 0 atom stereocenters. The van der Waals surface area contributed by atoms with Gasteiger partial charge in [0.1, 0.15) is 0 Å². The summed E-state index contributed by atoms with van der Waals surface area (Å²) in [6, 6.07) is 8.75. The topological polar surface area (TPSA) is 20.3 Å². The van der Waals surface area contributed by atoms with Crippen LogP contribution in [-0.4, -0.2) is 17.4 Å². The number of hydrogen-bond acceptors (Lipinski definition) is 1. The Balaban J connectivity index is 2.21. The Labute approximate surface area is 84.5 Å². The molecule has 0 fully saturated rings. The number of rotatable bonds is 2. The number of fused-ring (bicyclic) bond motifs is 1. The van der Waals surface area contributed by atoms with Crippen LogP contribution in [-0.2, 0) is 6.54 Å². The first-order chi connectivity index (χ1) is 6.68. The van der Waals surface area contributed by atoms with Gasteiger partial charge in [0.15, 0.2) is 0 Å². The molecule has 0 aromatic heterocycles. The van der Waals surface area contributed by atoms with Gasteiger partial charge in [0.2, 0.25) is 0 Å². The van der Waals surface area contributed by atoms with Crippen LogP contribution in [0.4, 0.5) is 0 Å². The second-order valence-corrected chi connectivity index (χ2v) is 4.15. The van der Waals surface area contributed by atoms with Crippen LogP contribution < -0.4 is 0 Å². The molecule has 1 aliphatic heterocycles. The molecule has 73 valence electrons. The van der Waals surface area contributed by atoms with Gasteiger partial charge in [-0.1, -0.05) is 32.0 Å². The van der Waals surface area contributed by atoms with Gasteiger partial charge in [-0.25, -0.2) is 0 Å². The lowest BCUT2D eigenvalue weighted by Crippen LogP contribution is -2.27. The van der Waals surface area contributed by atoms with E-state index in [-0.39, 0.29) is 5.91 Å². The molecule has 0 saturated carbocycles. The van der Waals surface area contributed by atoms with Crippen molar-refractivity contribution in [2.24, 2.45) is 5.92 Å².